The van der Waals surface area contributed by atoms with Crippen molar-refractivity contribution in [2.24, 2.45) is 0 Å². The third-order valence-corrected chi connectivity index (χ3v) is 6.54. The van der Waals surface area contributed by atoms with Gasteiger partial charge in [-0.3, -0.25) is 4.79 Å². The van der Waals surface area contributed by atoms with Crippen molar-refractivity contribution in [1.82, 2.24) is 14.9 Å². The summed E-state index contributed by atoms with van der Waals surface area (Å²) >= 11 is 0.821. The molecule has 0 saturated carbocycles. The molecule has 1 amide bonds. The highest BCUT2D eigenvalue weighted by molar-refractivity contribution is 8.00. The average Bonchev–Trinajstić information content (AvgIpc) is 2.87. The van der Waals surface area contributed by atoms with E-state index in [1.54, 1.807) is 13.8 Å². The van der Waals surface area contributed by atoms with Crippen molar-refractivity contribution >= 4 is 27.5 Å². The second kappa shape index (κ2) is 7.48. The van der Waals surface area contributed by atoms with Crippen LogP contribution in [0.2, 0.25) is 0 Å². The van der Waals surface area contributed by atoms with Crippen LogP contribution in [0.1, 0.15) is 26.0 Å². The van der Waals surface area contributed by atoms with Crippen molar-refractivity contribution < 1.29 is 26.4 Å². The average molecular weight is 397 g/mol. The second-order valence-corrected chi connectivity index (χ2v) is 9.20. The molecule has 1 aromatic heterocycles. The van der Waals surface area contributed by atoms with Gasteiger partial charge in [-0.05, 0) is 26.3 Å². The lowest BCUT2D eigenvalue weighted by molar-refractivity contribution is -0.141. The number of carbonyl (C=O) groups is 1. The third kappa shape index (κ3) is 5.06. The highest BCUT2D eigenvalue weighted by Crippen LogP contribution is 2.30. The number of thioether (sulfide) groups is 1. The smallest absolute Gasteiger partial charge is 0.338 e. The molecule has 11 heteroatoms. The van der Waals surface area contributed by atoms with Crippen molar-refractivity contribution in [1.29, 1.82) is 0 Å². The maximum Gasteiger partial charge on any atom is 0.433 e. The zero-order valence-electron chi connectivity index (χ0n) is 13.7. The monoisotopic (exact) mass is 397 g/mol. The van der Waals surface area contributed by atoms with Crippen LogP contribution in [0.15, 0.2) is 17.4 Å². The summed E-state index contributed by atoms with van der Waals surface area (Å²) in [6.45, 7) is 3.61. The molecule has 0 radical (unpaired) electrons. The van der Waals surface area contributed by atoms with Gasteiger partial charge in [0.05, 0.1) is 16.8 Å². The predicted octanol–water partition coefficient (Wildman–Crippen LogP) is 2.01. The molecule has 0 bridgehead atoms. The summed E-state index contributed by atoms with van der Waals surface area (Å²) in [5.74, 6) is -0.375. The first-order valence-electron chi connectivity index (χ1n) is 7.61. The van der Waals surface area contributed by atoms with Crippen molar-refractivity contribution in [2.45, 2.75) is 42.9 Å². The quantitative estimate of drug-likeness (QED) is 0.559. The fourth-order valence-corrected chi connectivity index (χ4v) is 5.17. The van der Waals surface area contributed by atoms with Gasteiger partial charge in [0.2, 0.25) is 5.91 Å². The molecule has 6 nitrogen and oxygen atoms in total. The van der Waals surface area contributed by atoms with E-state index in [0.29, 0.717) is 13.0 Å². The number of rotatable bonds is 5. The summed E-state index contributed by atoms with van der Waals surface area (Å²) in [5, 5.41) is -0.877. The molecule has 2 atom stereocenters. The van der Waals surface area contributed by atoms with Crippen molar-refractivity contribution in [3.8, 4) is 0 Å². The lowest BCUT2D eigenvalue weighted by Crippen LogP contribution is -2.44. The van der Waals surface area contributed by atoms with Crippen LogP contribution >= 0.6 is 11.8 Å². The summed E-state index contributed by atoms with van der Waals surface area (Å²) < 4.78 is 61.3. The van der Waals surface area contributed by atoms with Crippen LogP contribution in [0.5, 0.6) is 0 Å². The Morgan fingerprint density at radius 1 is 1.48 bits per heavy atom. The molecular weight excluding hydrogens is 379 g/mol. The Balaban J connectivity index is 2.09. The summed E-state index contributed by atoms with van der Waals surface area (Å²) in [6.07, 6.45) is -3.21. The lowest BCUT2D eigenvalue weighted by Gasteiger charge is -2.29. The first kappa shape index (κ1) is 20.0. The van der Waals surface area contributed by atoms with E-state index in [-0.39, 0.29) is 22.6 Å². The fraction of sp³-hybridized carbons (Fsp3) is 0.643. The van der Waals surface area contributed by atoms with Crippen molar-refractivity contribution in [3.63, 3.8) is 0 Å². The van der Waals surface area contributed by atoms with Gasteiger partial charge in [0.25, 0.3) is 0 Å². The van der Waals surface area contributed by atoms with Crippen LogP contribution in [0.3, 0.4) is 0 Å². The number of amides is 1. The molecule has 0 aliphatic carbocycles. The number of sulfone groups is 1. The highest BCUT2D eigenvalue weighted by atomic mass is 32.2. The zero-order chi connectivity index (χ0) is 18.8. The molecule has 1 fully saturated rings. The van der Waals surface area contributed by atoms with E-state index in [1.807, 2.05) is 0 Å². The van der Waals surface area contributed by atoms with Crippen LogP contribution in [0.25, 0.3) is 0 Å². The normalized spacial score (nSPS) is 21.1. The number of nitrogens with zero attached hydrogens (tertiary/aromatic N) is 3. The second-order valence-electron chi connectivity index (χ2n) is 5.66. The Morgan fingerprint density at radius 3 is 2.68 bits per heavy atom. The van der Waals surface area contributed by atoms with Gasteiger partial charge in [0, 0.05) is 18.8 Å². The van der Waals surface area contributed by atoms with Crippen molar-refractivity contribution in [2.75, 3.05) is 18.1 Å². The van der Waals surface area contributed by atoms with E-state index in [4.69, 9.17) is 0 Å². The highest BCUT2D eigenvalue weighted by Gasteiger charge is 2.36. The van der Waals surface area contributed by atoms with Crippen LogP contribution in [0.4, 0.5) is 13.2 Å². The standard InChI is InChI=1S/C14H18F3N3O3S2/c1-3-20(10-5-7-25(22,23)8-10)12(21)9(2)24-13-18-6-4-11(19-13)14(15,16)17/h4,6,9-10H,3,5,7-8H2,1-2H3. The number of carbonyl (C=O) groups excluding carboxylic acids is 1. The maximum atomic E-state index is 12.7. The number of halogens is 3. The molecule has 140 valence electrons. The molecule has 1 aliphatic heterocycles. The van der Waals surface area contributed by atoms with Crippen LogP contribution in [-0.4, -0.2) is 58.5 Å². The Hall–Kier alpha value is -1.36. The minimum Gasteiger partial charge on any atom is -0.338 e. The van der Waals surface area contributed by atoms with E-state index >= 15 is 0 Å². The van der Waals surface area contributed by atoms with E-state index in [0.717, 1.165) is 24.0 Å². The summed E-state index contributed by atoms with van der Waals surface area (Å²) in [4.78, 5) is 21.3. The molecule has 25 heavy (non-hydrogen) atoms. The topological polar surface area (TPSA) is 80.2 Å². The molecule has 2 heterocycles. The molecule has 0 N–H and O–H groups in total. The number of hydrogen-bond acceptors (Lipinski definition) is 6. The van der Waals surface area contributed by atoms with Crippen LogP contribution in [-0.2, 0) is 20.8 Å². The summed E-state index contributed by atoms with van der Waals surface area (Å²) in [5.41, 5.74) is -1.07. The third-order valence-electron chi connectivity index (χ3n) is 3.83. The molecule has 0 aromatic carbocycles. The Bertz CT molecular complexity index is 740. The largest absolute Gasteiger partial charge is 0.433 e. The van der Waals surface area contributed by atoms with Gasteiger partial charge in [-0.2, -0.15) is 13.2 Å². The molecule has 1 aromatic rings. The van der Waals surface area contributed by atoms with Crippen LogP contribution < -0.4 is 0 Å². The number of hydrogen-bond donors (Lipinski definition) is 0. The number of alkyl halides is 3. The predicted molar refractivity (Wildman–Crippen MR) is 86.8 cm³/mol. The minimum atomic E-state index is -4.58. The van der Waals surface area contributed by atoms with Gasteiger partial charge in [-0.15, -0.1) is 0 Å². The fourth-order valence-electron chi connectivity index (χ4n) is 2.61. The van der Waals surface area contributed by atoms with Crippen LogP contribution in [0, 0.1) is 0 Å². The van der Waals surface area contributed by atoms with E-state index in [1.165, 1.54) is 4.90 Å². The van der Waals surface area contributed by atoms with Gasteiger partial charge < -0.3 is 4.90 Å². The molecule has 0 spiro atoms. The van der Waals surface area contributed by atoms with Gasteiger partial charge in [0.1, 0.15) is 5.69 Å². The molecule has 2 unspecified atom stereocenters. The Kier molecular flexibility index (Phi) is 5.97. The van der Waals surface area contributed by atoms with Gasteiger partial charge in [-0.1, -0.05) is 11.8 Å². The van der Waals surface area contributed by atoms with E-state index < -0.39 is 33.0 Å². The minimum absolute atomic E-state index is 0.0414. The Morgan fingerprint density at radius 2 is 2.16 bits per heavy atom. The molecule has 1 saturated heterocycles. The van der Waals surface area contributed by atoms with E-state index in [2.05, 4.69) is 9.97 Å². The maximum absolute atomic E-state index is 12.7. The van der Waals surface area contributed by atoms with Gasteiger partial charge in [-0.25, -0.2) is 18.4 Å². The SMILES string of the molecule is CCN(C(=O)C(C)Sc1nccc(C(F)(F)F)n1)C1CCS(=O)(=O)C1. The first-order valence-corrected chi connectivity index (χ1v) is 10.3. The molecule has 1 aliphatic rings. The zero-order valence-corrected chi connectivity index (χ0v) is 15.3. The summed E-state index contributed by atoms with van der Waals surface area (Å²) in [7, 11) is -3.14. The number of aromatic nitrogens is 2. The summed E-state index contributed by atoms with van der Waals surface area (Å²) in [6, 6.07) is 0.367. The molecular formula is C14H18F3N3O3S2. The Labute approximate surface area is 148 Å². The first-order chi connectivity index (χ1) is 11.5. The van der Waals surface area contributed by atoms with E-state index in [9.17, 15) is 26.4 Å². The lowest BCUT2D eigenvalue weighted by atomic mass is 10.2. The van der Waals surface area contributed by atoms with Crippen molar-refractivity contribution in [3.05, 3.63) is 18.0 Å². The van der Waals surface area contributed by atoms with Gasteiger partial charge >= 0.3 is 6.18 Å². The van der Waals surface area contributed by atoms with Gasteiger partial charge in [0.15, 0.2) is 15.0 Å². The molecule has 2 rings (SSSR count).